The molecule has 1 aliphatic rings. The molecule has 1 fully saturated rings. The zero-order chi connectivity index (χ0) is 28.6. The zero-order valence-electron chi connectivity index (χ0n) is 23.3. The second-order valence-electron chi connectivity index (χ2n) is 10.5. The van der Waals surface area contributed by atoms with Crippen LogP contribution in [0.15, 0.2) is 53.4 Å². The highest BCUT2D eigenvalue weighted by atomic mass is 32.2. The number of carbonyl (C=O) groups is 1. The predicted molar refractivity (Wildman–Crippen MR) is 146 cm³/mol. The van der Waals surface area contributed by atoms with E-state index < -0.39 is 40.4 Å². The minimum atomic E-state index is -4.23. The number of ether oxygens (including phenoxy) is 3. The molecule has 216 valence electrons. The third-order valence-electron chi connectivity index (χ3n) is 6.29. The van der Waals surface area contributed by atoms with Gasteiger partial charge in [0, 0.05) is 6.07 Å². The third-order valence-corrected chi connectivity index (χ3v) is 7.91. The SMILES string of the molecule is COc1ccc(S(=O)(=O)N(C[C@H](O)[C@H](Cc2ccccc2)NC(=O)OC(C)(C)C)OC2CCCC2)cc1OC. The highest BCUT2D eigenvalue weighted by Gasteiger charge is 2.35. The van der Waals surface area contributed by atoms with E-state index >= 15 is 0 Å². The summed E-state index contributed by atoms with van der Waals surface area (Å²) in [7, 11) is -1.35. The monoisotopic (exact) mass is 564 g/mol. The van der Waals surface area contributed by atoms with Crippen molar-refractivity contribution < 1.29 is 37.4 Å². The van der Waals surface area contributed by atoms with Gasteiger partial charge in [0.1, 0.15) is 5.60 Å². The molecule has 0 unspecified atom stereocenters. The highest BCUT2D eigenvalue weighted by molar-refractivity contribution is 7.89. The largest absolute Gasteiger partial charge is 0.493 e. The first-order valence-corrected chi connectivity index (χ1v) is 14.5. The number of amides is 1. The average molecular weight is 565 g/mol. The Morgan fingerprint density at radius 3 is 2.28 bits per heavy atom. The van der Waals surface area contributed by atoms with Gasteiger partial charge in [0.15, 0.2) is 11.5 Å². The molecule has 0 aromatic heterocycles. The topological polar surface area (TPSA) is 124 Å². The molecule has 2 atom stereocenters. The molecule has 10 nitrogen and oxygen atoms in total. The van der Waals surface area contributed by atoms with E-state index in [9.17, 15) is 18.3 Å². The number of sulfonamides is 1. The Bertz CT molecular complexity index is 1180. The van der Waals surface area contributed by atoms with Gasteiger partial charge in [0.05, 0.1) is 43.9 Å². The zero-order valence-corrected chi connectivity index (χ0v) is 24.1. The van der Waals surface area contributed by atoms with E-state index in [1.807, 2.05) is 30.3 Å². The van der Waals surface area contributed by atoms with Gasteiger partial charge in [-0.2, -0.15) is 0 Å². The number of carbonyl (C=O) groups excluding carboxylic acids is 1. The normalized spacial score (nSPS) is 16.1. The maximum absolute atomic E-state index is 13.8. The van der Waals surface area contributed by atoms with E-state index in [4.69, 9.17) is 19.0 Å². The molecule has 0 spiro atoms. The number of hydrogen-bond acceptors (Lipinski definition) is 8. The lowest BCUT2D eigenvalue weighted by molar-refractivity contribution is -0.145. The second-order valence-corrected chi connectivity index (χ2v) is 12.4. The van der Waals surface area contributed by atoms with E-state index in [1.165, 1.54) is 32.4 Å². The van der Waals surface area contributed by atoms with Crippen LogP contribution in [0.2, 0.25) is 0 Å². The molecule has 0 bridgehead atoms. The van der Waals surface area contributed by atoms with Gasteiger partial charge in [0.2, 0.25) is 0 Å². The summed E-state index contributed by atoms with van der Waals surface area (Å²) in [4.78, 5) is 18.6. The lowest BCUT2D eigenvalue weighted by Gasteiger charge is -2.31. The van der Waals surface area contributed by atoms with Gasteiger partial charge in [-0.25, -0.2) is 13.2 Å². The van der Waals surface area contributed by atoms with Crippen LogP contribution in [0.25, 0.3) is 0 Å². The summed E-state index contributed by atoms with van der Waals surface area (Å²) in [5.41, 5.74) is 0.101. The molecule has 1 amide bonds. The first-order chi connectivity index (χ1) is 18.4. The van der Waals surface area contributed by atoms with Crippen molar-refractivity contribution in [1.82, 2.24) is 9.79 Å². The molecule has 11 heteroatoms. The van der Waals surface area contributed by atoms with E-state index in [1.54, 1.807) is 20.8 Å². The summed E-state index contributed by atoms with van der Waals surface area (Å²) in [5.74, 6) is 0.623. The molecule has 2 aromatic rings. The Kier molecular flexibility index (Phi) is 10.6. The summed E-state index contributed by atoms with van der Waals surface area (Å²) in [6, 6.07) is 12.7. The molecule has 0 radical (unpaired) electrons. The summed E-state index contributed by atoms with van der Waals surface area (Å²) in [5, 5.41) is 14.1. The number of aliphatic hydroxyl groups is 1. The van der Waals surface area contributed by atoms with Crippen molar-refractivity contribution in [3.05, 3.63) is 54.1 Å². The number of nitrogens with zero attached hydrogens (tertiary/aromatic N) is 1. The molecular weight excluding hydrogens is 524 g/mol. The van der Waals surface area contributed by atoms with Crippen molar-refractivity contribution in [1.29, 1.82) is 0 Å². The van der Waals surface area contributed by atoms with Crippen LogP contribution >= 0.6 is 0 Å². The number of rotatable bonds is 12. The quantitative estimate of drug-likeness (QED) is 0.370. The lowest BCUT2D eigenvalue weighted by Crippen LogP contribution is -2.51. The Hall–Kier alpha value is -2.86. The van der Waals surface area contributed by atoms with Crippen LogP contribution in [0, 0.1) is 0 Å². The van der Waals surface area contributed by atoms with Gasteiger partial charge < -0.3 is 24.6 Å². The van der Waals surface area contributed by atoms with E-state index in [-0.39, 0.29) is 23.2 Å². The smallest absolute Gasteiger partial charge is 0.407 e. The van der Waals surface area contributed by atoms with Crippen LogP contribution in [0.4, 0.5) is 4.79 Å². The van der Waals surface area contributed by atoms with Crippen LogP contribution in [-0.2, 0) is 26.0 Å². The number of hydrogen-bond donors (Lipinski definition) is 2. The van der Waals surface area contributed by atoms with Crippen molar-refractivity contribution in [2.45, 2.75) is 81.6 Å². The molecule has 2 aromatic carbocycles. The fourth-order valence-electron chi connectivity index (χ4n) is 4.34. The van der Waals surface area contributed by atoms with E-state index in [0.717, 1.165) is 22.9 Å². The van der Waals surface area contributed by atoms with Gasteiger partial charge in [-0.05, 0) is 57.7 Å². The molecule has 0 aliphatic heterocycles. The Labute approximate surface area is 231 Å². The van der Waals surface area contributed by atoms with Crippen molar-refractivity contribution >= 4 is 16.1 Å². The Morgan fingerprint density at radius 1 is 1.05 bits per heavy atom. The second kappa shape index (κ2) is 13.5. The van der Waals surface area contributed by atoms with Crippen molar-refractivity contribution in [2.75, 3.05) is 20.8 Å². The number of nitrogens with one attached hydrogen (secondary N) is 1. The van der Waals surface area contributed by atoms with Crippen molar-refractivity contribution in [3.63, 3.8) is 0 Å². The molecule has 0 heterocycles. The summed E-state index contributed by atoms with van der Waals surface area (Å²) >= 11 is 0. The van der Waals surface area contributed by atoms with Crippen LogP contribution in [0.5, 0.6) is 11.5 Å². The van der Waals surface area contributed by atoms with Crippen LogP contribution in [0.1, 0.15) is 52.0 Å². The Morgan fingerprint density at radius 2 is 1.69 bits per heavy atom. The van der Waals surface area contributed by atoms with E-state index in [0.29, 0.717) is 18.6 Å². The van der Waals surface area contributed by atoms with Crippen LogP contribution in [0.3, 0.4) is 0 Å². The number of hydroxylamine groups is 1. The summed E-state index contributed by atoms with van der Waals surface area (Å²) < 4.78 is 44.4. The van der Waals surface area contributed by atoms with Gasteiger partial charge in [-0.1, -0.05) is 47.6 Å². The van der Waals surface area contributed by atoms with Crippen molar-refractivity contribution in [3.8, 4) is 11.5 Å². The van der Waals surface area contributed by atoms with E-state index in [2.05, 4.69) is 5.32 Å². The first-order valence-electron chi connectivity index (χ1n) is 13.1. The Balaban J connectivity index is 1.91. The fourth-order valence-corrected chi connectivity index (χ4v) is 5.66. The number of aliphatic hydroxyl groups excluding tert-OH is 1. The van der Waals surface area contributed by atoms with Crippen LogP contribution < -0.4 is 14.8 Å². The van der Waals surface area contributed by atoms with Gasteiger partial charge in [0.25, 0.3) is 10.0 Å². The molecule has 0 saturated heterocycles. The lowest BCUT2D eigenvalue weighted by atomic mass is 10.0. The number of methoxy groups -OCH3 is 2. The number of benzene rings is 2. The summed E-state index contributed by atoms with van der Waals surface area (Å²) in [6.07, 6.45) is 1.16. The maximum atomic E-state index is 13.8. The maximum Gasteiger partial charge on any atom is 0.407 e. The third kappa shape index (κ3) is 8.82. The average Bonchev–Trinajstić information content (AvgIpc) is 3.40. The molecule has 39 heavy (non-hydrogen) atoms. The van der Waals surface area contributed by atoms with Gasteiger partial charge in [-0.15, -0.1) is 0 Å². The summed E-state index contributed by atoms with van der Waals surface area (Å²) in [6.45, 7) is 4.80. The standard InChI is InChI=1S/C28H40N2O8S/c1-28(2,3)37-27(32)29-23(17-20-11-7-6-8-12-20)24(31)19-30(38-21-13-9-10-14-21)39(33,34)22-15-16-25(35-4)26(18-22)36-5/h6-8,11-12,15-16,18,21,23-24,31H,9-10,13-14,17,19H2,1-5H3,(H,29,32)/t23-,24-/m0/s1. The minimum absolute atomic E-state index is 0.0787. The molecule has 3 rings (SSSR count). The fraction of sp³-hybridized carbons (Fsp3) is 0.536. The highest BCUT2D eigenvalue weighted by Crippen LogP contribution is 2.32. The van der Waals surface area contributed by atoms with Crippen LogP contribution in [-0.4, -0.2) is 68.7 Å². The predicted octanol–water partition coefficient (Wildman–Crippen LogP) is 4.07. The number of alkyl carbamates (subject to hydrolysis) is 1. The van der Waals surface area contributed by atoms with Gasteiger partial charge >= 0.3 is 6.09 Å². The van der Waals surface area contributed by atoms with Gasteiger partial charge in [-0.3, -0.25) is 4.84 Å². The molecule has 1 aliphatic carbocycles. The van der Waals surface area contributed by atoms with Crippen molar-refractivity contribution in [2.24, 2.45) is 0 Å². The minimum Gasteiger partial charge on any atom is -0.493 e. The first kappa shape index (κ1) is 30.7. The molecular formula is C28H40N2O8S. The molecule has 2 N–H and O–H groups in total. The molecule has 1 saturated carbocycles.